The number of amides is 1. The van der Waals surface area contributed by atoms with Crippen LogP contribution in [-0.2, 0) is 0 Å². The largest absolute Gasteiger partial charge is 0.487 e. The van der Waals surface area contributed by atoms with E-state index in [9.17, 15) is 4.79 Å². The molecule has 2 aliphatic rings. The molecule has 1 aliphatic carbocycles. The number of ether oxygens (including phenoxy) is 1. The molecule has 1 fully saturated rings. The van der Waals surface area contributed by atoms with Gasteiger partial charge in [0.1, 0.15) is 16.2 Å². The second-order valence-corrected chi connectivity index (χ2v) is 7.20. The molecule has 0 saturated heterocycles. The maximum atomic E-state index is 12.6. The van der Waals surface area contributed by atoms with Crippen LogP contribution in [0.1, 0.15) is 59.1 Å². The average molecular weight is 329 g/mol. The number of aryl methyl sites for hydroxylation is 1. The van der Waals surface area contributed by atoms with Crippen molar-refractivity contribution in [3.8, 4) is 5.75 Å². The van der Waals surface area contributed by atoms with Gasteiger partial charge in [-0.25, -0.2) is 0 Å². The van der Waals surface area contributed by atoms with Gasteiger partial charge in [-0.3, -0.25) is 4.79 Å². The molecule has 23 heavy (non-hydrogen) atoms. The molecule has 120 valence electrons. The molecule has 0 unspecified atom stereocenters. The Bertz CT molecular complexity index is 737. The lowest BCUT2D eigenvalue weighted by Gasteiger charge is -2.40. The fourth-order valence-electron chi connectivity index (χ4n) is 3.74. The Balaban J connectivity index is 1.64. The summed E-state index contributed by atoms with van der Waals surface area (Å²) in [5, 5.41) is 7.11. The second-order valence-electron chi connectivity index (χ2n) is 6.45. The number of fused-ring (bicyclic) bond motifs is 1. The van der Waals surface area contributed by atoms with Crippen molar-refractivity contribution in [3.05, 3.63) is 40.4 Å². The molecule has 1 saturated carbocycles. The fourth-order valence-corrected chi connectivity index (χ4v) is 4.30. The summed E-state index contributed by atoms with van der Waals surface area (Å²) in [6, 6.07) is 8.01. The minimum Gasteiger partial charge on any atom is -0.487 e. The summed E-state index contributed by atoms with van der Waals surface area (Å²) in [6.45, 7) is 1.81. The minimum absolute atomic E-state index is 0.0213. The normalized spacial score (nSPS) is 21.7. The molecule has 0 bridgehead atoms. The van der Waals surface area contributed by atoms with E-state index >= 15 is 0 Å². The molecular weight excluding hydrogens is 310 g/mol. The van der Waals surface area contributed by atoms with Crippen molar-refractivity contribution in [1.29, 1.82) is 0 Å². The number of benzene rings is 1. The van der Waals surface area contributed by atoms with E-state index in [-0.39, 0.29) is 17.6 Å². The zero-order valence-electron chi connectivity index (χ0n) is 13.0. The minimum atomic E-state index is -0.118. The summed E-state index contributed by atoms with van der Waals surface area (Å²) in [6.07, 6.45) is 5.35. The number of aromatic nitrogens is 2. The van der Waals surface area contributed by atoms with E-state index in [0.717, 1.165) is 42.1 Å². The van der Waals surface area contributed by atoms with Crippen LogP contribution in [0.3, 0.4) is 0 Å². The Labute approximate surface area is 139 Å². The molecular formula is C17H19N3O2S. The SMILES string of the molecule is Cc1nnsc1C(=O)N[C@H]1CC2(CCCC2)Oc2ccccc21. The van der Waals surface area contributed by atoms with Gasteiger partial charge in [-0.15, -0.1) is 5.10 Å². The summed E-state index contributed by atoms with van der Waals surface area (Å²) >= 11 is 1.15. The molecule has 1 N–H and O–H groups in total. The predicted molar refractivity (Wildman–Crippen MR) is 87.7 cm³/mol. The Hall–Kier alpha value is -1.95. The van der Waals surface area contributed by atoms with E-state index in [0.29, 0.717) is 10.6 Å². The van der Waals surface area contributed by atoms with Crippen molar-refractivity contribution >= 4 is 17.4 Å². The Kier molecular flexibility index (Phi) is 3.56. The van der Waals surface area contributed by atoms with Crippen LogP contribution in [0.25, 0.3) is 0 Å². The molecule has 1 spiro atoms. The van der Waals surface area contributed by atoms with Crippen molar-refractivity contribution in [3.63, 3.8) is 0 Å². The van der Waals surface area contributed by atoms with Crippen LogP contribution < -0.4 is 10.1 Å². The first-order valence-corrected chi connectivity index (χ1v) is 8.82. The average Bonchev–Trinajstić information content (AvgIpc) is 3.16. The zero-order chi connectivity index (χ0) is 15.9. The third-order valence-electron chi connectivity index (χ3n) is 4.87. The number of rotatable bonds is 2. The number of nitrogens with one attached hydrogen (secondary N) is 1. The van der Waals surface area contributed by atoms with E-state index in [1.54, 1.807) is 0 Å². The molecule has 0 radical (unpaired) electrons. The van der Waals surface area contributed by atoms with Crippen LogP contribution in [0.2, 0.25) is 0 Å². The smallest absolute Gasteiger partial charge is 0.265 e. The quantitative estimate of drug-likeness (QED) is 0.917. The molecule has 1 atom stereocenters. The first kappa shape index (κ1) is 14.6. The van der Waals surface area contributed by atoms with Crippen molar-refractivity contribution in [2.24, 2.45) is 0 Å². The summed E-state index contributed by atoms with van der Waals surface area (Å²) in [7, 11) is 0. The fraction of sp³-hybridized carbons (Fsp3) is 0.471. The molecule has 2 heterocycles. The molecule has 1 aromatic carbocycles. The second kappa shape index (κ2) is 5.60. The van der Waals surface area contributed by atoms with Crippen LogP contribution in [0.4, 0.5) is 0 Å². The first-order valence-electron chi connectivity index (χ1n) is 8.05. The van der Waals surface area contributed by atoms with E-state index in [1.165, 1.54) is 12.8 Å². The lowest BCUT2D eigenvalue weighted by atomic mass is 9.86. The number of carbonyl (C=O) groups excluding carboxylic acids is 1. The van der Waals surface area contributed by atoms with Gasteiger partial charge in [0.25, 0.3) is 5.91 Å². The van der Waals surface area contributed by atoms with Gasteiger partial charge in [-0.1, -0.05) is 22.7 Å². The highest BCUT2D eigenvalue weighted by molar-refractivity contribution is 7.08. The van der Waals surface area contributed by atoms with E-state index in [1.807, 2.05) is 31.2 Å². The number of hydrogen-bond acceptors (Lipinski definition) is 5. The van der Waals surface area contributed by atoms with Crippen molar-refractivity contribution < 1.29 is 9.53 Å². The molecule has 1 aromatic heterocycles. The number of nitrogens with zero attached hydrogens (tertiary/aromatic N) is 2. The van der Waals surface area contributed by atoms with Gasteiger partial charge in [-0.05, 0) is 50.2 Å². The summed E-state index contributed by atoms with van der Waals surface area (Å²) in [5.74, 6) is 0.817. The molecule has 1 aliphatic heterocycles. The predicted octanol–water partition coefficient (Wildman–Crippen LogP) is 3.41. The zero-order valence-corrected chi connectivity index (χ0v) is 13.9. The maximum absolute atomic E-state index is 12.6. The Morgan fingerprint density at radius 2 is 2.13 bits per heavy atom. The highest BCUT2D eigenvalue weighted by Gasteiger charge is 2.43. The van der Waals surface area contributed by atoms with Crippen LogP contribution in [-0.4, -0.2) is 21.1 Å². The van der Waals surface area contributed by atoms with E-state index < -0.39 is 0 Å². The summed E-state index contributed by atoms with van der Waals surface area (Å²) < 4.78 is 10.2. The topological polar surface area (TPSA) is 64.1 Å². The molecule has 6 heteroatoms. The summed E-state index contributed by atoms with van der Waals surface area (Å²) in [4.78, 5) is 13.2. The molecule has 1 amide bonds. The van der Waals surface area contributed by atoms with Crippen LogP contribution in [0.15, 0.2) is 24.3 Å². The maximum Gasteiger partial charge on any atom is 0.265 e. The highest BCUT2D eigenvalue weighted by atomic mass is 32.1. The number of carbonyl (C=O) groups is 1. The number of para-hydroxylation sites is 1. The third-order valence-corrected chi connectivity index (χ3v) is 5.70. The van der Waals surface area contributed by atoms with Gasteiger partial charge in [0.2, 0.25) is 0 Å². The Morgan fingerprint density at radius 3 is 2.87 bits per heavy atom. The van der Waals surface area contributed by atoms with Gasteiger partial charge >= 0.3 is 0 Å². The van der Waals surface area contributed by atoms with Gasteiger partial charge in [0, 0.05) is 12.0 Å². The standard InChI is InChI=1S/C17H19N3O2S/c1-11-15(23-20-19-11)16(21)18-13-10-17(8-4-5-9-17)22-14-7-3-2-6-12(13)14/h2-3,6-7,13H,4-5,8-10H2,1H3,(H,18,21)/t13-/m0/s1. The first-order chi connectivity index (χ1) is 11.2. The highest BCUT2D eigenvalue weighted by Crippen LogP contribution is 2.47. The van der Waals surface area contributed by atoms with E-state index in [2.05, 4.69) is 14.9 Å². The lowest BCUT2D eigenvalue weighted by Crippen LogP contribution is -2.43. The Morgan fingerprint density at radius 1 is 1.35 bits per heavy atom. The molecule has 4 rings (SSSR count). The summed E-state index contributed by atoms with van der Waals surface area (Å²) in [5.41, 5.74) is 1.63. The monoisotopic (exact) mass is 329 g/mol. The van der Waals surface area contributed by atoms with Crippen molar-refractivity contribution in [2.45, 2.75) is 50.7 Å². The van der Waals surface area contributed by atoms with Crippen LogP contribution in [0, 0.1) is 6.92 Å². The van der Waals surface area contributed by atoms with Gasteiger partial charge in [-0.2, -0.15) is 0 Å². The van der Waals surface area contributed by atoms with Crippen molar-refractivity contribution in [1.82, 2.24) is 14.9 Å². The van der Waals surface area contributed by atoms with Gasteiger partial charge < -0.3 is 10.1 Å². The molecule has 2 aromatic rings. The lowest BCUT2D eigenvalue weighted by molar-refractivity contribution is 0.0361. The third kappa shape index (κ3) is 2.61. The van der Waals surface area contributed by atoms with Gasteiger partial charge in [0.15, 0.2) is 0 Å². The van der Waals surface area contributed by atoms with Crippen LogP contribution in [0.5, 0.6) is 5.75 Å². The number of hydrogen-bond donors (Lipinski definition) is 1. The van der Waals surface area contributed by atoms with E-state index in [4.69, 9.17) is 4.74 Å². The van der Waals surface area contributed by atoms with Crippen molar-refractivity contribution in [2.75, 3.05) is 0 Å². The van der Waals surface area contributed by atoms with Gasteiger partial charge in [0.05, 0.1) is 11.7 Å². The van der Waals surface area contributed by atoms with Crippen LogP contribution >= 0.6 is 11.5 Å². The molecule has 5 nitrogen and oxygen atoms in total.